The van der Waals surface area contributed by atoms with Gasteiger partial charge in [0.15, 0.2) is 11.7 Å². The number of aromatic nitrogens is 1. The molecule has 0 aliphatic heterocycles. The largest absolute Gasteiger partial charge is 0.436 e. The number of nitrogens with two attached hydrogens (primary N) is 1. The fourth-order valence-corrected chi connectivity index (χ4v) is 1.75. The first-order valence-corrected chi connectivity index (χ1v) is 5.95. The molecule has 1 aromatic heterocycles. The van der Waals surface area contributed by atoms with Crippen molar-refractivity contribution in [1.82, 2.24) is 4.98 Å². The quantitative estimate of drug-likeness (QED) is 0.345. The highest BCUT2D eigenvalue weighted by atomic mass is 19.1. The monoisotopic (exact) mass is 292 g/mol. The van der Waals surface area contributed by atoms with Gasteiger partial charge in [0.05, 0.1) is 11.4 Å². The minimum absolute atomic E-state index is 0.0208. The van der Waals surface area contributed by atoms with Crippen LogP contribution in [0.4, 0.5) is 10.1 Å². The summed E-state index contributed by atoms with van der Waals surface area (Å²) in [5.74, 6) is -1.19. The molecule has 1 amide bonds. The summed E-state index contributed by atoms with van der Waals surface area (Å²) in [4.78, 5) is 15.9. The Kier molecular flexibility index (Phi) is 3.88. The van der Waals surface area contributed by atoms with Gasteiger partial charge in [-0.3, -0.25) is 4.79 Å². The standard InChI is InChI=1S/C13H13FN4O3/c1-6-11(21-7(2)16-6)13(19)17-10-4-3-8(5-9(10)14)12(15)18-20/h3-5,20H,1-2H3,(H2,15,18)(H,17,19). The molecular weight excluding hydrogens is 279 g/mol. The van der Waals surface area contributed by atoms with Gasteiger partial charge in [-0.15, -0.1) is 0 Å². The molecule has 0 saturated carbocycles. The lowest BCUT2D eigenvalue weighted by Gasteiger charge is -2.06. The minimum atomic E-state index is -0.721. The van der Waals surface area contributed by atoms with Crippen LogP contribution in [0.25, 0.3) is 0 Å². The Bertz CT molecular complexity index is 724. The number of anilines is 1. The van der Waals surface area contributed by atoms with Crippen molar-refractivity contribution in [2.45, 2.75) is 13.8 Å². The highest BCUT2D eigenvalue weighted by Crippen LogP contribution is 2.18. The predicted octanol–water partition coefficient (Wildman–Crippen LogP) is 1.78. The number of carbonyl (C=O) groups is 1. The van der Waals surface area contributed by atoms with Crippen molar-refractivity contribution >= 4 is 17.4 Å². The van der Waals surface area contributed by atoms with Gasteiger partial charge in [0.25, 0.3) is 5.91 Å². The van der Waals surface area contributed by atoms with Gasteiger partial charge in [-0.25, -0.2) is 9.37 Å². The highest BCUT2D eigenvalue weighted by Gasteiger charge is 2.17. The second-order valence-corrected chi connectivity index (χ2v) is 4.28. The molecule has 0 bridgehead atoms. The van der Waals surface area contributed by atoms with E-state index in [1.807, 2.05) is 0 Å². The Hall–Kier alpha value is -2.90. The van der Waals surface area contributed by atoms with Gasteiger partial charge in [0.1, 0.15) is 5.82 Å². The Balaban J connectivity index is 2.24. The lowest BCUT2D eigenvalue weighted by atomic mass is 10.2. The smallest absolute Gasteiger partial charge is 0.293 e. The number of hydrogen-bond donors (Lipinski definition) is 3. The van der Waals surface area contributed by atoms with Crippen LogP contribution in [0.15, 0.2) is 27.8 Å². The van der Waals surface area contributed by atoms with Crippen molar-refractivity contribution < 1.29 is 18.8 Å². The molecule has 110 valence electrons. The van der Waals surface area contributed by atoms with Crippen LogP contribution < -0.4 is 11.1 Å². The molecule has 21 heavy (non-hydrogen) atoms. The fraction of sp³-hybridized carbons (Fsp3) is 0.154. The van der Waals surface area contributed by atoms with Crippen LogP contribution in [0.2, 0.25) is 0 Å². The minimum Gasteiger partial charge on any atom is -0.436 e. The number of rotatable bonds is 3. The van der Waals surface area contributed by atoms with E-state index in [0.29, 0.717) is 11.6 Å². The predicted molar refractivity (Wildman–Crippen MR) is 72.8 cm³/mol. The van der Waals surface area contributed by atoms with Crippen LogP contribution >= 0.6 is 0 Å². The number of aryl methyl sites for hydroxylation is 2. The number of nitrogens with zero attached hydrogens (tertiary/aromatic N) is 2. The number of carbonyl (C=O) groups excluding carboxylic acids is 1. The molecule has 0 aliphatic rings. The molecular formula is C13H13FN4O3. The van der Waals surface area contributed by atoms with E-state index in [1.165, 1.54) is 12.1 Å². The summed E-state index contributed by atoms with van der Waals surface area (Å²) in [7, 11) is 0. The number of amidine groups is 1. The number of oxime groups is 1. The first kappa shape index (κ1) is 14.5. The molecule has 0 radical (unpaired) electrons. The van der Waals surface area contributed by atoms with Gasteiger partial charge >= 0.3 is 0 Å². The Morgan fingerprint density at radius 2 is 2.19 bits per heavy atom. The van der Waals surface area contributed by atoms with Crippen LogP contribution in [0, 0.1) is 19.7 Å². The summed E-state index contributed by atoms with van der Waals surface area (Å²) in [6.07, 6.45) is 0. The van der Waals surface area contributed by atoms with Crippen LogP contribution in [-0.2, 0) is 0 Å². The summed E-state index contributed by atoms with van der Waals surface area (Å²) in [6.45, 7) is 3.22. The maximum atomic E-state index is 13.9. The molecule has 0 unspecified atom stereocenters. The Morgan fingerprint density at radius 3 is 2.71 bits per heavy atom. The average Bonchev–Trinajstić information content (AvgIpc) is 2.79. The van der Waals surface area contributed by atoms with Crippen LogP contribution in [0.5, 0.6) is 0 Å². The van der Waals surface area contributed by atoms with Crippen molar-refractivity contribution in [3.05, 3.63) is 46.9 Å². The number of nitrogens with one attached hydrogen (secondary N) is 1. The third-order valence-corrected chi connectivity index (χ3v) is 2.73. The Morgan fingerprint density at radius 1 is 1.48 bits per heavy atom. The fourth-order valence-electron chi connectivity index (χ4n) is 1.75. The summed E-state index contributed by atoms with van der Waals surface area (Å²) in [6, 6.07) is 3.76. The summed E-state index contributed by atoms with van der Waals surface area (Å²) in [5, 5.41) is 13.7. The molecule has 0 aliphatic carbocycles. The van der Waals surface area contributed by atoms with Crippen LogP contribution in [-0.4, -0.2) is 21.9 Å². The van der Waals surface area contributed by atoms with E-state index in [0.717, 1.165) is 6.07 Å². The normalized spacial score (nSPS) is 11.5. The molecule has 0 atom stereocenters. The van der Waals surface area contributed by atoms with Crippen molar-refractivity contribution in [1.29, 1.82) is 0 Å². The summed E-state index contributed by atoms with van der Waals surface area (Å²) < 4.78 is 19.0. The topological polar surface area (TPSA) is 114 Å². The van der Waals surface area contributed by atoms with E-state index < -0.39 is 11.7 Å². The third kappa shape index (κ3) is 2.99. The molecule has 7 nitrogen and oxygen atoms in total. The van der Waals surface area contributed by atoms with Crippen molar-refractivity contribution in [2.75, 3.05) is 5.32 Å². The second kappa shape index (κ2) is 5.61. The number of hydrogen-bond acceptors (Lipinski definition) is 5. The summed E-state index contributed by atoms with van der Waals surface area (Å²) >= 11 is 0. The maximum Gasteiger partial charge on any atom is 0.293 e. The zero-order valence-electron chi connectivity index (χ0n) is 11.3. The molecule has 8 heteroatoms. The number of amides is 1. The zero-order chi connectivity index (χ0) is 15.6. The molecule has 0 spiro atoms. The SMILES string of the molecule is Cc1nc(C)c(C(=O)Nc2ccc(/C(N)=N/O)cc2F)o1. The van der Waals surface area contributed by atoms with Crippen molar-refractivity contribution in [3.63, 3.8) is 0 Å². The van der Waals surface area contributed by atoms with E-state index in [4.69, 9.17) is 15.4 Å². The van der Waals surface area contributed by atoms with E-state index >= 15 is 0 Å². The molecule has 2 rings (SSSR count). The van der Waals surface area contributed by atoms with E-state index in [1.54, 1.807) is 13.8 Å². The molecule has 2 aromatic rings. The highest BCUT2D eigenvalue weighted by molar-refractivity contribution is 6.03. The molecule has 0 fully saturated rings. The van der Waals surface area contributed by atoms with Gasteiger partial charge < -0.3 is 20.7 Å². The lowest BCUT2D eigenvalue weighted by molar-refractivity contribution is 0.0994. The van der Waals surface area contributed by atoms with Gasteiger partial charge in [-0.2, -0.15) is 0 Å². The van der Waals surface area contributed by atoms with Gasteiger partial charge in [0.2, 0.25) is 5.76 Å². The Labute approximate surface area is 119 Å². The zero-order valence-corrected chi connectivity index (χ0v) is 11.3. The average molecular weight is 292 g/mol. The number of oxazole rings is 1. The van der Waals surface area contributed by atoms with Gasteiger partial charge in [0, 0.05) is 12.5 Å². The molecule has 4 N–H and O–H groups in total. The molecule has 0 saturated heterocycles. The number of halogens is 1. The first-order valence-electron chi connectivity index (χ1n) is 5.95. The van der Waals surface area contributed by atoms with Gasteiger partial charge in [-0.05, 0) is 25.1 Å². The van der Waals surface area contributed by atoms with E-state index in [2.05, 4.69) is 15.5 Å². The second-order valence-electron chi connectivity index (χ2n) is 4.28. The van der Waals surface area contributed by atoms with E-state index in [9.17, 15) is 9.18 Å². The molecule has 1 heterocycles. The summed E-state index contributed by atoms with van der Waals surface area (Å²) in [5.41, 5.74) is 5.91. The van der Waals surface area contributed by atoms with Crippen molar-refractivity contribution in [3.8, 4) is 0 Å². The van der Waals surface area contributed by atoms with Crippen LogP contribution in [0.3, 0.4) is 0 Å². The first-order chi connectivity index (χ1) is 9.92. The lowest BCUT2D eigenvalue weighted by Crippen LogP contribution is -2.16. The van der Waals surface area contributed by atoms with Crippen molar-refractivity contribution in [2.24, 2.45) is 10.9 Å². The maximum absolute atomic E-state index is 13.9. The van der Waals surface area contributed by atoms with Gasteiger partial charge in [-0.1, -0.05) is 5.16 Å². The third-order valence-electron chi connectivity index (χ3n) is 2.73. The molecule has 1 aromatic carbocycles. The van der Waals surface area contributed by atoms with E-state index in [-0.39, 0.29) is 22.8 Å². The van der Waals surface area contributed by atoms with Crippen LogP contribution in [0.1, 0.15) is 27.7 Å². The number of benzene rings is 1.